The van der Waals surface area contributed by atoms with Crippen molar-refractivity contribution in [2.24, 2.45) is 0 Å². The summed E-state index contributed by atoms with van der Waals surface area (Å²) in [6.45, 7) is 12.3. The average Bonchev–Trinajstić information content (AvgIpc) is 3.40. The number of ether oxygens (including phenoxy) is 2. The zero-order valence-electron chi connectivity index (χ0n) is 19.0. The molecule has 6 heteroatoms. The van der Waals surface area contributed by atoms with Crippen molar-refractivity contribution in [3.05, 3.63) is 47.1 Å². The summed E-state index contributed by atoms with van der Waals surface area (Å²) in [5, 5.41) is 18.8. The molecule has 0 radical (unpaired) electrons. The third kappa shape index (κ3) is 7.08. The number of carbonyl (C=O) groups excluding carboxylic acids is 2. The van der Waals surface area contributed by atoms with Gasteiger partial charge >= 0.3 is 5.97 Å². The van der Waals surface area contributed by atoms with Crippen LogP contribution in [0.3, 0.4) is 0 Å². The molecule has 3 unspecified atom stereocenters. The number of nitrogens with zero attached hydrogens (tertiary/aromatic N) is 1. The zero-order valence-corrected chi connectivity index (χ0v) is 19.0. The van der Waals surface area contributed by atoms with Crippen LogP contribution in [0.5, 0.6) is 0 Å². The second-order valence-electron chi connectivity index (χ2n) is 8.46. The van der Waals surface area contributed by atoms with Gasteiger partial charge in [0.05, 0.1) is 11.7 Å². The van der Waals surface area contributed by atoms with Gasteiger partial charge in [-0.3, -0.25) is 4.79 Å². The first-order valence-corrected chi connectivity index (χ1v) is 10.1. The van der Waals surface area contributed by atoms with Gasteiger partial charge in [0.1, 0.15) is 17.8 Å². The summed E-state index contributed by atoms with van der Waals surface area (Å²) >= 11 is 0. The minimum absolute atomic E-state index is 0.362. The molecule has 1 aliphatic rings. The summed E-state index contributed by atoms with van der Waals surface area (Å²) in [6, 6.07) is 1.89. The van der Waals surface area contributed by atoms with Gasteiger partial charge < -0.3 is 14.6 Å². The highest BCUT2D eigenvalue weighted by atomic mass is 16.6. The van der Waals surface area contributed by atoms with Crippen LogP contribution in [0.1, 0.15) is 61.3 Å². The lowest BCUT2D eigenvalue weighted by atomic mass is 9.93. The quantitative estimate of drug-likeness (QED) is 0.200. The van der Waals surface area contributed by atoms with Gasteiger partial charge in [0.25, 0.3) is 0 Å². The molecule has 0 spiro atoms. The van der Waals surface area contributed by atoms with Gasteiger partial charge in [0.15, 0.2) is 0 Å². The Bertz CT molecular complexity index is 818. The van der Waals surface area contributed by atoms with Crippen molar-refractivity contribution in [3.8, 4) is 6.07 Å². The highest BCUT2D eigenvalue weighted by Gasteiger charge is 2.65. The molecular weight excluding hydrogens is 382 g/mol. The van der Waals surface area contributed by atoms with Crippen molar-refractivity contribution in [2.75, 3.05) is 0 Å². The van der Waals surface area contributed by atoms with E-state index in [1.807, 2.05) is 45.9 Å². The van der Waals surface area contributed by atoms with Gasteiger partial charge in [-0.05, 0) is 73.0 Å². The molecule has 1 fully saturated rings. The minimum atomic E-state index is -1.55. The topological polar surface area (TPSA) is 99.9 Å². The number of ketones is 1. The Hall–Kier alpha value is -2.49. The maximum atomic E-state index is 12.5. The summed E-state index contributed by atoms with van der Waals surface area (Å²) in [6.07, 6.45) is 8.78. The largest absolute Gasteiger partial charge is 0.456 e. The molecule has 0 saturated carbocycles. The first kappa shape index (κ1) is 25.5. The Balaban J connectivity index is 2.62. The number of aliphatic hydroxyl groups is 1. The van der Waals surface area contributed by atoms with Gasteiger partial charge in [-0.15, -0.1) is 0 Å². The number of Topliss-reactive ketones (excluding diaryl/α,β-unsaturated/α-hetero) is 1. The second kappa shape index (κ2) is 10.5. The van der Waals surface area contributed by atoms with E-state index < -0.39 is 29.2 Å². The van der Waals surface area contributed by atoms with Crippen LogP contribution < -0.4 is 0 Å². The lowest BCUT2D eigenvalue weighted by Crippen LogP contribution is -2.30. The van der Waals surface area contributed by atoms with Gasteiger partial charge in [-0.25, -0.2) is 4.79 Å². The Labute approximate surface area is 179 Å². The number of carbonyl (C=O) groups is 2. The number of aliphatic hydroxyl groups excluding tert-OH is 1. The van der Waals surface area contributed by atoms with E-state index in [-0.39, 0.29) is 5.97 Å². The van der Waals surface area contributed by atoms with Crippen LogP contribution in [0, 0.1) is 11.3 Å². The fraction of sp³-hybridized carbons (Fsp3) is 0.542. The molecule has 0 bridgehead atoms. The molecule has 0 aromatic carbocycles. The highest BCUT2D eigenvalue weighted by Crippen LogP contribution is 2.41. The fourth-order valence-electron chi connectivity index (χ4n) is 2.87. The molecule has 0 aliphatic carbocycles. The van der Waals surface area contributed by atoms with Crippen molar-refractivity contribution < 1.29 is 24.2 Å². The van der Waals surface area contributed by atoms with Gasteiger partial charge in [-0.1, -0.05) is 29.9 Å². The average molecular weight is 416 g/mol. The molecule has 1 N–H and O–H groups in total. The van der Waals surface area contributed by atoms with E-state index in [0.717, 1.165) is 5.57 Å². The lowest BCUT2D eigenvalue weighted by molar-refractivity contribution is -0.149. The van der Waals surface area contributed by atoms with E-state index in [2.05, 4.69) is 0 Å². The number of esters is 1. The van der Waals surface area contributed by atoms with Crippen molar-refractivity contribution in [1.82, 2.24) is 0 Å². The number of hydrogen-bond acceptors (Lipinski definition) is 6. The molecule has 30 heavy (non-hydrogen) atoms. The molecule has 0 amide bonds. The first-order valence-electron chi connectivity index (χ1n) is 10.1. The summed E-state index contributed by atoms with van der Waals surface area (Å²) in [5.41, 5.74) is -0.252. The standard InChI is InChI=1S/C24H33NO5/c1-8-19(22(28)30-23(5,6)7)14-16(2)12-10-9-11-13-17(3)20(27)24(15-25)21(29-24)18(4)26/h8,10,12-14,18,21,26H,9,11H2,1-7H3. The number of hydrogen-bond donors (Lipinski definition) is 1. The Morgan fingerprint density at radius 2 is 1.93 bits per heavy atom. The van der Waals surface area contributed by atoms with Crippen molar-refractivity contribution in [2.45, 2.75) is 84.7 Å². The summed E-state index contributed by atoms with van der Waals surface area (Å²) < 4.78 is 10.6. The van der Waals surface area contributed by atoms with Crippen molar-refractivity contribution in [1.29, 1.82) is 5.26 Å². The molecule has 6 nitrogen and oxygen atoms in total. The second-order valence-corrected chi connectivity index (χ2v) is 8.46. The van der Waals surface area contributed by atoms with Crippen LogP contribution in [0.4, 0.5) is 0 Å². The van der Waals surface area contributed by atoms with E-state index in [0.29, 0.717) is 24.0 Å². The maximum absolute atomic E-state index is 12.5. The van der Waals surface area contributed by atoms with Crippen LogP contribution in [0.15, 0.2) is 47.1 Å². The smallest absolute Gasteiger partial charge is 0.338 e. The zero-order chi connectivity index (χ0) is 23.1. The molecule has 1 saturated heterocycles. The Morgan fingerprint density at radius 3 is 2.40 bits per heavy atom. The van der Waals surface area contributed by atoms with Gasteiger partial charge in [0, 0.05) is 0 Å². The van der Waals surface area contributed by atoms with E-state index >= 15 is 0 Å². The monoisotopic (exact) mass is 415 g/mol. The third-order valence-electron chi connectivity index (χ3n) is 4.45. The summed E-state index contributed by atoms with van der Waals surface area (Å²) in [4.78, 5) is 24.6. The predicted octanol–water partition coefficient (Wildman–Crippen LogP) is 4.11. The maximum Gasteiger partial charge on any atom is 0.338 e. The van der Waals surface area contributed by atoms with Crippen LogP contribution in [0.2, 0.25) is 0 Å². The number of allylic oxidation sites excluding steroid dienone is 5. The predicted molar refractivity (Wildman–Crippen MR) is 115 cm³/mol. The SMILES string of the molecule is CC=C(C=C(C)C=CCCC=C(C)C(=O)C1(C#N)OC1C(C)O)C(=O)OC(C)(C)C. The van der Waals surface area contributed by atoms with Crippen LogP contribution in [0.25, 0.3) is 0 Å². The summed E-state index contributed by atoms with van der Waals surface area (Å²) in [5.74, 6) is -0.759. The number of unbranched alkanes of at least 4 members (excludes halogenated alkanes) is 1. The molecule has 1 rings (SSSR count). The highest BCUT2D eigenvalue weighted by molar-refractivity contribution is 6.06. The minimum Gasteiger partial charge on any atom is -0.456 e. The lowest BCUT2D eigenvalue weighted by Gasteiger charge is -2.19. The van der Waals surface area contributed by atoms with E-state index in [1.54, 1.807) is 32.1 Å². The van der Waals surface area contributed by atoms with Crippen molar-refractivity contribution in [3.63, 3.8) is 0 Å². The molecule has 1 heterocycles. The van der Waals surface area contributed by atoms with E-state index in [1.165, 1.54) is 6.92 Å². The summed E-state index contributed by atoms with van der Waals surface area (Å²) in [7, 11) is 0. The third-order valence-corrected chi connectivity index (χ3v) is 4.45. The van der Waals surface area contributed by atoms with E-state index in [4.69, 9.17) is 9.47 Å². The molecule has 1 aliphatic heterocycles. The normalized spacial score (nSPS) is 23.8. The first-order chi connectivity index (χ1) is 13.9. The molecular formula is C24H33NO5. The van der Waals surface area contributed by atoms with Gasteiger partial charge in [0.2, 0.25) is 11.4 Å². The molecule has 0 aromatic heterocycles. The van der Waals surface area contributed by atoms with Crippen LogP contribution in [-0.2, 0) is 19.1 Å². The number of nitriles is 1. The van der Waals surface area contributed by atoms with Crippen LogP contribution >= 0.6 is 0 Å². The molecule has 0 aromatic rings. The molecule has 3 atom stereocenters. The van der Waals surface area contributed by atoms with Crippen molar-refractivity contribution >= 4 is 11.8 Å². The van der Waals surface area contributed by atoms with E-state index in [9.17, 15) is 20.0 Å². The fourth-order valence-corrected chi connectivity index (χ4v) is 2.87. The Kier molecular flexibility index (Phi) is 8.95. The number of rotatable bonds is 9. The van der Waals surface area contributed by atoms with Gasteiger partial charge in [-0.2, -0.15) is 5.26 Å². The molecule has 164 valence electrons. The Morgan fingerprint density at radius 1 is 1.30 bits per heavy atom. The van der Waals surface area contributed by atoms with Crippen LogP contribution in [-0.4, -0.2) is 40.3 Å². The number of epoxide rings is 1.